The molecule has 1 saturated heterocycles. The number of amides is 1. The zero-order chi connectivity index (χ0) is 20.6. The average molecular weight is 396 g/mol. The van der Waals surface area contributed by atoms with Crippen LogP contribution in [0.15, 0.2) is 61.2 Å². The largest absolute Gasteiger partial charge is 0.493 e. The molecule has 1 fully saturated rings. The lowest BCUT2D eigenvalue weighted by atomic mass is 10.0. The summed E-state index contributed by atoms with van der Waals surface area (Å²) in [4.78, 5) is 12.3. The quantitative estimate of drug-likeness (QED) is 0.620. The van der Waals surface area contributed by atoms with E-state index in [-0.39, 0.29) is 18.2 Å². The summed E-state index contributed by atoms with van der Waals surface area (Å²) in [5.41, 5.74) is 5.61. The number of rotatable bonds is 10. The van der Waals surface area contributed by atoms with Gasteiger partial charge in [-0.1, -0.05) is 42.5 Å². The molecule has 6 nitrogen and oxygen atoms in total. The number of carbonyl (C=O) groups excluding carboxylic acids is 1. The van der Waals surface area contributed by atoms with Crippen LogP contribution in [-0.4, -0.2) is 44.0 Å². The number of hydrogen-bond donors (Lipinski definition) is 1. The van der Waals surface area contributed by atoms with Gasteiger partial charge in [-0.15, -0.1) is 6.58 Å². The maximum Gasteiger partial charge on any atom is 0.424 e. The topological polar surface area (TPSA) is 60.0 Å². The molecule has 0 bridgehead atoms. The number of methoxy groups -OCH3 is 2. The highest BCUT2D eigenvalue weighted by atomic mass is 16.6. The van der Waals surface area contributed by atoms with Gasteiger partial charge in [-0.05, 0) is 42.5 Å². The molecule has 1 amide bonds. The van der Waals surface area contributed by atoms with Crippen LogP contribution in [0.2, 0.25) is 0 Å². The first-order valence-electron chi connectivity index (χ1n) is 9.72. The zero-order valence-electron chi connectivity index (χ0n) is 17.0. The number of ether oxygens (including phenoxy) is 3. The number of benzene rings is 2. The molecule has 3 rings (SSSR count). The molecule has 0 saturated carbocycles. The highest BCUT2D eigenvalue weighted by Gasteiger charge is 2.34. The second-order valence-corrected chi connectivity index (χ2v) is 7.03. The molecule has 0 aliphatic carbocycles. The lowest BCUT2D eigenvalue weighted by Crippen LogP contribution is -2.51. The first-order valence-corrected chi connectivity index (χ1v) is 9.72. The predicted molar refractivity (Wildman–Crippen MR) is 112 cm³/mol. The molecule has 1 aliphatic rings. The van der Waals surface area contributed by atoms with Crippen molar-refractivity contribution in [3.8, 4) is 11.5 Å². The minimum atomic E-state index is -0.340. The van der Waals surface area contributed by atoms with Crippen molar-refractivity contribution in [2.24, 2.45) is 0 Å². The van der Waals surface area contributed by atoms with E-state index >= 15 is 0 Å². The summed E-state index contributed by atoms with van der Waals surface area (Å²) >= 11 is 0. The maximum atomic E-state index is 12.3. The smallest absolute Gasteiger partial charge is 0.424 e. The summed E-state index contributed by atoms with van der Waals surface area (Å²) in [7, 11) is 3.24. The number of hydrazine groups is 1. The molecule has 2 aromatic rings. The molecular weight excluding hydrogens is 368 g/mol. The Balaban J connectivity index is 1.71. The molecule has 154 valence electrons. The van der Waals surface area contributed by atoms with Crippen molar-refractivity contribution in [3.63, 3.8) is 0 Å². The molecule has 2 aromatic carbocycles. The molecule has 1 heterocycles. The molecule has 1 aliphatic heterocycles. The van der Waals surface area contributed by atoms with Gasteiger partial charge in [0.15, 0.2) is 11.5 Å². The highest BCUT2D eigenvalue weighted by molar-refractivity contribution is 5.69. The van der Waals surface area contributed by atoms with Crippen LogP contribution in [0.25, 0.3) is 0 Å². The van der Waals surface area contributed by atoms with E-state index in [1.807, 2.05) is 42.5 Å². The van der Waals surface area contributed by atoms with E-state index in [4.69, 9.17) is 14.2 Å². The summed E-state index contributed by atoms with van der Waals surface area (Å²) < 4.78 is 16.0. The third-order valence-corrected chi connectivity index (χ3v) is 4.98. The highest BCUT2D eigenvalue weighted by Crippen LogP contribution is 2.28. The SMILES string of the molecule is C=CC[C@@H](Cc1ccc(OC)c(OC)c1)NN1C(=O)OC[C@@H]1Cc1ccccc1. The van der Waals surface area contributed by atoms with Crippen LogP contribution >= 0.6 is 0 Å². The van der Waals surface area contributed by atoms with E-state index in [0.29, 0.717) is 30.9 Å². The Morgan fingerprint density at radius 1 is 1.17 bits per heavy atom. The van der Waals surface area contributed by atoms with Crippen LogP contribution in [0.3, 0.4) is 0 Å². The summed E-state index contributed by atoms with van der Waals surface area (Å²) in [6.07, 6.45) is 3.65. The minimum absolute atomic E-state index is 0.00507. The van der Waals surface area contributed by atoms with Crippen LogP contribution in [-0.2, 0) is 17.6 Å². The Kier molecular flexibility index (Phi) is 7.14. The van der Waals surface area contributed by atoms with Gasteiger partial charge in [-0.2, -0.15) is 0 Å². The molecular formula is C23H28N2O4. The number of carbonyl (C=O) groups is 1. The van der Waals surface area contributed by atoms with Gasteiger partial charge >= 0.3 is 6.09 Å². The van der Waals surface area contributed by atoms with Crippen molar-refractivity contribution in [2.45, 2.75) is 31.3 Å². The lowest BCUT2D eigenvalue weighted by molar-refractivity contribution is 0.130. The molecule has 1 N–H and O–H groups in total. The summed E-state index contributed by atoms with van der Waals surface area (Å²) in [5, 5.41) is 1.63. The number of nitrogens with zero attached hydrogens (tertiary/aromatic N) is 1. The van der Waals surface area contributed by atoms with E-state index in [2.05, 4.69) is 24.1 Å². The molecule has 29 heavy (non-hydrogen) atoms. The fourth-order valence-electron chi connectivity index (χ4n) is 3.53. The molecule has 2 atom stereocenters. The second kappa shape index (κ2) is 9.98. The Morgan fingerprint density at radius 2 is 1.93 bits per heavy atom. The van der Waals surface area contributed by atoms with Gasteiger partial charge in [0.25, 0.3) is 0 Å². The van der Waals surface area contributed by atoms with Crippen LogP contribution in [0, 0.1) is 0 Å². The third-order valence-electron chi connectivity index (χ3n) is 4.98. The summed E-state index contributed by atoms with van der Waals surface area (Å²) in [6.45, 7) is 4.24. The van der Waals surface area contributed by atoms with E-state index in [9.17, 15) is 4.79 Å². The van der Waals surface area contributed by atoms with Crippen LogP contribution < -0.4 is 14.9 Å². The van der Waals surface area contributed by atoms with E-state index in [1.165, 1.54) is 5.56 Å². The van der Waals surface area contributed by atoms with Crippen molar-refractivity contribution >= 4 is 6.09 Å². The van der Waals surface area contributed by atoms with Crippen LogP contribution in [0.1, 0.15) is 17.5 Å². The number of nitrogens with one attached hydrogen (secondary N) is 1. The Bertz CT molecular complexity index is 825. The lowest BCUT2D eigenvalue weighted by Gasteiger charge is -2.28. The molecule has 0 aromatic heterocycles. The summed E-state index contributed by atoms with van der Waals surface area (Å²) in [6, 6.07) is 15.9. The monoisotopic (exact) mass is 396 g/mol. The predicted octanol–water partition coefficient (Wildman–Crippen LogP) is 3.76. The molecule has 0 radical (unpaired) electrons. The normalized spacial score (nSPS) is 17.0. The van der Waals surface area contributed by atoms with E-state index in [1.54, 1.807) is 19.2 Å². The Morgan fingerprint density at radius 3 is 2.62 bits per heavy atom. The van der Waals surface area contributed by atoms with Gasteiger partial charge in [0.1, 0.15) is 6.61 Å². The molecule has 6 heteroatoms. The Hall–Kier alpha value is -2.99. The van der Waals surface area contributed by atoms with Gasteiger partial charge in [0.2, 0.25) is 0 Å². The molecule has 0 spiro atoms. The standard InChI is InChI=1S/C23H28N2O4/c1-4-8-19(13-18-11-12-21(27-2)22(15-18)28-3)24-25-20(16-29-23(25)26)14-17-9-6-5-7-10-17/h4-7,9-12,15,19-20,24H,1,8,13-14,16H2,2-3H3/t19-,20-/m0/s1. The van der Waals surface area contributed by atoms with Gasteiger partial charge < -0.3 is 14.2 Å². The Labute approximate surface area is 172 Å². The number of cyclic esters (lactones) is 1. The van der Waals surface area contributed by atoms with E-state index < -0.39 is 0 Å². The second-order valence-electron chi connectivity index (χ2n) is 7.03. The van der Waals surface area contributed by atoms with Gasteiger partial charge in [0.05, 0.1) is 20.3 Å². The van der Waals surface area contributed by atoms with E-state index in [0.717, 1.165) is 12.0 Å². The van der Waals surface area contributed by atoms with Gasteiger partial charge in [-0.25, -0.2) is 15.2 Å². The fourth-order valence-corrected chi connectivity index (χ4v) is 3.53. The zero-order valence-corrected chi connectivity index (χ0v) is 17.0. The minimum Gasteiger partial charge on any atom is -0.493 e. The summed E-state index contributed by atoms with van der Waals surface area (Å²) in [5.74, 6) is 1.38. The first kappa shape index (κ1) is 20.7. The van der Waals surface area contributed by atoms with Gasteiger partial charge in [0, 0.05) is 6.04 Å². The fraction of sp³-hybridized carbons (Fsp3) is 0.348. The van der Waals surface area contributed by atoms with Crippen molar-refractivity contribution in [1.82, 2.24) is 10.4 Å². The average Bonchev–Trinajstić information content (AvgIpc) is 3.08. The van der Waals surface area contributed by atoms with Crippen molar-refractivity contribution in [2.75, 3.05) is 20.8 Å². The van der Waals surface area contributed by atoms with Crippen LogP contribution in [0.5, 0.6) is 11.5 Å². The van der Waals surface area contributed by atoms with Crippen LogP contribution in [0.4, 0.5) is 4.79 Å². The van der Waals surface area contributed by atoms with Crippen molar-refractivity contribution < 1.29 is 19.0 Å². The third kappa shape index (κ3) is 5.29. The molecule has 0 unspecified atom stereocenters. The first-order chi connectivity index (χ1) is 14.1. The van der Waals surface area contributed by atoms with Gasteiger partial charge in [-0.3, -0.25) is 0 Å². The van der Waals surface area contributed by atoms with Crippen molar-refractivity contribution in [1.29, 1.82) is 0 Å². The maximum absolute atomic E-state index is 12.3. The van der Waals surface area contributed by atoms with Crippen molar-refractivity contribution in [3.05, 3.63) is 72.3 Å². The number of hydrogen-bond acceptors (Lipinski definition) is 5.